The molecule has 0 aliphatic rings. The molecule has 4 nitrogen and oxygen atoms in total. The van der Waals surface area contributed by atoms with Crippen LogP contribution in [0.4, 0.5) is 0 Å². The van der Waals surface area contributed by atoms with Crippen LogP contribution in [0.15, 0.2) is 36.9 Å². The fourth-order valence-corrected chi connectivity index (χ4v) is 2.17. The van der Waals surface area contributed by atoms with E-state index in [1.165, 1.54) is 4.68 Å². The molecule has 2 aromatic rings. The van der Waals surface area contributed by atoms with Gasteiger partial charge in [-0.25, -0.2) is 4.68 Å². The predicted molar refractivity (Wildman–Crippen MR) is 78.3 cm³/mol. The molecular formula is C16H18N2O2. The SMILES string of the molecule is C=CCc1c(C)nn(C(=O)c2ccc(OC)cc2)c1C. The summed E-state index contributed by atoms with van der Waals surface area (Å²) in [6, 6.07) is 7.02. The van der Waals surface area contributed by atoms with Crippen LogP contribution in [0.1, 0.15) is 27.3 Å². The number of aryl methyl sites for hydroxylation is 1. The number of carbonyl (C=O) groups is 1. The molecule has 0 bridgehead atoms. The van der Waals surface area contributed by atoms with Gasteiger partial charge in [-0.05, 0) is 44.5 Å². The third-order valence-electron chi connectivity index (χ3n) is 3.32. The monoisotopic (exact) mass is 270 g/mol. The second-order valence-corrected chi connectivity index (χ2v) is 4.59. The number of allylic oxidation sites excluding steroid dienone is 1. The summed E-state index contributed by atoms with van der Waals surface area (Å²) in [5.41, 5.74) is 3.37. The number of hydrogen-bond acceptors (Lipinski definition) is 3. The maximum Gasteiger partial charge on any atom is 0.278 e. The lowest BCUT2D eigenvalue weighted by atomic mass is 10.1. The van der Waals surface area contributed by atoms with Gasteiger partial charge in [0.1, 0.15) is 5.75 Å². The third-order valence-corrected chi connectivity index (χ3v) is 3.32. The van der Waals surface area contributed by atoms with Crippen LogP contribution in [0, 0.1) is 13.8 Å². The molecule has 1 aromatic heterocycles. The van der Waals surface area contributed by atoms with E-state index >= 15 is 0 Å². The summed E-state index contributed by atoms with van der Waals surface area (Å²) in [7, 11) is 1.60. The highest BCUT2D eigenvalue weighted by atomic mass is 16.5. The first-order valence-corrected chi connectivity index (χ1v) is 6.43. The van der Waals surface area contributed by atoms with Crippen molar-refractivity contribution in [3.63, 3.8) is 0 Å². The van der Waals surface area contributed by atoms with E-state index in [1.807, 2.05) is 19.9 Å². The molecule has 1 aromatic carbocycles. The van der Waals surface area contributed by atoms with Crippen molar-refractivity contribution in [2.24, 2.45) is 0 Å². The lowest BCUT2D eigenvalue weighted by molar-refractivity contribution is 0.0942. The Kier molecular flexibility index (Phi) is 4.03. The van der Waals surface area contributed by atoms with Crippen LogP contribution in [0.25, 0.3) is 0 Å². The van der Waals surface area contributed by atoms with Gasteiger partial charge in [0.2, 0.25) is 0 Å². The molecule has 1 heterocycles. The molecule has 0 fully saturated rings. The van der Waals surface area contributed by atoms with Crippen molar-refractivity contribution in [3.8, 4) is 5.75 Å². The van der Waals surface area contributed by atoms with Gasteiger partial charge in [0.15, 0.2) is 0 Å². The lowest BCUT2D eigenvalue weighted by Gasteiger charge is -2.05. The van der Waals surface area contributed by atoms with Crippen molar-refractivity contribution in [2.45, 2.75) is 20.3 Å². The second-order valence-electron chi connectivity index (χ2n) is 4.59. The molecule has 0 unspecified atom stereocenters. The number of carbonyl (C=O) groups excluding carboxylic acids is 1. The maximum absolute atomic E-state index is 12.5. The number of hydrogen-bond donors (Lipinski definition) is 0. The van der Waals surface area contributed by atoms with Crippen LogP contribution in [0.5, 0.6) is 5.75 Å². The zero-order valence-electron chi connectivity index (χ0n) is 12.0. The molecule has 0 saturated heterocycles. The maximum atomic E-state index is 12.5. The molecule has 20 heavy (non-hydrogen) atoms. The fraction of sp³-hybridized carbons (Fsp3) is 0.250. The van der Waals surface area contributed by atoms with Crippen molar-refractivity contribution in [2.75, 3.05) is 7.11 Å². The number of rotatable bonds is 4. The minimum absolute atomic E-state index is 0.136. The Labute approximate surface area is 118 Å². The largest absolute Gasteiger partial charge is 0.497 e. The van der Waals surface area contributed by atoms with Gasteiger partial charge < -0.3 is 4.74 Å². The molecule has 0 atom stereocenters. The molecule has 0 saturated carbocycles. The summed E-state index contributed by atoms with van der Waals surface area (Å²) >= 11 is 0. The molecule has 104 valence electrons. The Hall–Kier alpha value is -2.36. The van der Waals surface area contributed by atoms with Crippen LogP contribution < -0.4 is 4.74 Å². The van der Waals surface area contributed by atoms with Gasteiger partial charge >= 0.3 is 0 Å². The van der Waals surface area contributed by atoms with Crippen LogP contribution in [0.2, 0.25) is 0 Å². The summed E-state index contributed by atoms with van der Waals surface area (Å²) in [5, 5.41) is 4.34. The smallest absolute Gasteiger partial charge is 0.278 e. The third kappa shape index (κ3) is 2.50. The van der Waals surface area contributed by atoms with Gasteiger partial charge in [0.25, 0.3) is 5.91 Å². The zero-order chi connectivity index (χ0) is 14.7. The molecule has 2 rings (SSSR count). The Balaban J connectivity index is 2.37. The minimum Gasteiger partial charge on any atom is -0.497 e. The van der Waals surface area contributed by atoms with Gasteiger partial charge in [-0.2, -0.15) is 5.10 Å². The van der Waals surface area contributed by atoms with Crippen molar-refractivity contribution in [3.05, 3.63) is 59.4 Å². The first kappa shape index (κ1) is 14.1. The molecule has 0 radical (unpaired) electrons. The quantitative estimate of drug-likeness (QED) is 0.802. The van der Waals surface area contributed by atoms with E-state index in [0.717, 1.165) is 22.7 Å². The Morgan fingerprint density at radius 1 is 1.35 bits per heavy atom. The van der Waals surface area contributed by atoms with Crippen LogP contribution in [-0.4, -0.2) is 22.8 Å². The molecule has 0 aliphatic heterocycles. The number of benzene rings is 1. The Morgan fingerprint density at radius 2 is 2.00 bits per heavy atom. The first-order chi connectivity index (χ1) is 9.58. The van der Waals surface area contributed by atoms with Crippen LogP contribution >= 0.6 is 0 Å². The molecular weight excluding hydrogens is 252 g/mol. The van der Waals surface area contributed by atoms with Crippen molar-refractivity contribution in [1.29, 1.82) is 0 Å². The average Bonchev–Trinajstić information content (AvgIpc) is 2.75. The topological polar surface area (TPSA) is 44.1 Å². The van der Waals surface area contributed by atoms with E-state index < -0.39 is 0 Å². The van der Waals surface area contributed by atoms with E-state index in [4.69, 9.17) is 4.74 Å². The van der Waals surface area contributed by atoms with E-state index in [2.05, 4.69) is 11.7 Å². The molecule has 0 amide bonds. The summed E-state index contributed by atoms with van der Waals surface area (Å²) in [6.45, 7) is 7.54. The van der Waals surface area contributed by atoms with Crippen LogP contribution in [0.3, 0.4) is 0 Å². The van der Waals surface area contributed by atoms with Gasteiger partial charge in [0.05, 0.1) is 12.8 Å². The molecule has 0 N–H and O–H groups in total. The zero-order valence-corrected chi connectivity index (χ0v) is 12.0. The normalized spacial score (nSPS) is 10.3. The number of methoxy groups -OCH3 is 1. The van der Waals surface area contributed by atoms with E-state index in [9.17, 15) is 4.79 Å². The summed E-state index contributed by atoms with van der Waals surface area (Å²) < 4.78 is 6.54. The summed E-state index contributed by atoms with van der Waals surface area (Å²) in [6.07, 6.45) is 2.53. The highest BCUT2D eigenvalue weighted by molar-refractivity contribution is 5.96. The fourth-order valence-electron chi connectivity index (χ4n) is 2.17. The summed E-state index contributed by atoms with van der Waals surface area (Å²) in [5.74, 6) is 0.589. The van der Waals surface area contributed by atoms with E-state index in [1.54, 1.807) is 31.4 Å². The first-order valence-electron chi connectivity index (χ1n) is 6.43. The van der Waals surface area contributed by atoms with Gasteiger partial charge in [-0.1, -0.05) is 6.08 Å². The number of nitrogens with zero attached hydrogens (tertiary/aromatic N) is 2. The Bertz CT molecular complexity index is 639. The van der Waals surface area contributed by atoms with Gasteiger partial charge in [-0.15, -0.1) is 6.58 Å². The number of aromatic nitrogens is 2. The molecule has 0 aliphatic carbocycles. The highest BCUT2D eigenvalue weighted by Crippen LogP contribution is 2.17. The highest BCUT2D eigenvalue weighted by Gasteiger charge is 2.17. The standard InChI is InChI=1S/C16H18N2O2/c1-5-6-15-11(2)17-18(12(15)3)16(19)13-7-9-14(20-4)10-8-13/h5,7-10H,1,6H2,2-4H3. The summed E-state index contributed by atoms with van der Waals surface area (Å²) in [4.78, 5) is 12.5. The number of ether oxygens (including phenoxy) is 1. The van der Waals surface area contributed by atoms with Crippen molar-refractivity contribution < 1.29 is 9.53 Å². The lowest BCUT2D eigenvalue weighted by Crippen LogP contribution is -2.15. The van der Waals surface area contributed by atoms with Crippen molar-refractivity contribution >= 4 is 5.91 Å². The average molecular weight is 270 g/mol. The van der Waals surface area contributed by atoms with E-state index in [-0.39, 0.29) is 5.91 Å². The van der Waals surface area contributed by atoms with Crippen LogP contribution in [-0.2, 0) is 6.42 Å². The molecule has 0 spiro atoms. The molecule has 4 heteroatoms. The van der Waals surface area contributed by atoms with E-state index in [0.29, 0.717) is 12.0 Å². The minimum atomic E-state index is -0.136. The van der Waals surface area contributed by atoms with Crippen molar-refractivity contribution in [1.82, 2.24) is 9.78 Å². The van der Waals surface area contributed by atoms with Gasteiger partial charge in [0, 0.05) is 16.8 Å². The predicted octanol–water partition coefficient (Wildman–Crippen LogP) is 2.93. The Morgan fingerprint density at radius 3 is 2.55 bits per heavy atom. The van der Waals surface area contributed by atoms with Gasteiger partial charge in [-0.3, -0.25) is 4.79 Å². The second kappa shape index (κ2) is 5.74.